The van der Waals surface area contributed by atoms with Crippen LogP contribution >= 0.6 is 0 Å². The van der Waals surface area contributed by atoms with Crippen molar-refractivity contribution in [2.75, 3.05) is 41.1 Å². The van der Waals surface area contributed by atoms with E-state index in [1.807, 2.05) is 0 Å². The van der Waals surface area contributed by atoms with Crippen LogP contribution < -0.4 is 35.9 Å². The summed E-state index contributed by atoms with van der Waals surface area (Å²) in [5.41, 5.74) is 8.50. The summed E-state index contributed by atoms with van der Waals surface area (Å²) in [5.74, 6) is -2.10. The van der Waals surface area contributed by atoms with E-state index in [0.29, 0.717) is 28.2 Å². The molecule has 6 atom stereocenters. The van der Waals surface area contributed by atoms with Crippen molar-refractivity contribution in [3.8, 4) is 23.0 Å². The Kier molecular flexibility index (Phi) is 13.0. The summed E-state index contributed by atoms with van der Waals surface area (Å²) in [4.78, 5) is 88.3. The van der Waals surface area contributed by atoms with Crippen LogP contribution in [0.5, 0.6) is 23.0 Å². The molecule has 3 aromatic rings. The first-order chi connectivity index (χ1) is 27.0. The van der Waals surface area contributed by atoms with Gasteiger partial charge in [0.15, 0.2) is 11.5 Å². The number of nitrogen functional groups attached to an aromatic ring is 1. The number of nitrogens with one attached hydrogen (secondary N) is 3. The number of ether oxygens (including phenoxy) is 3. The van der Waals surface area contributed by atoms with Gasteiger partial charge in [0.2, 0.25) is 35.4 Å². The maximum absolute atomic E-state index is 14.7. The van der Waals surface area contributed by atoms with E-state index >= 15 is 0 Å². The summed E-state index contributed by atoms with van der Waals surface area (Å²) in [7, 11) is 7.34. The Labute approximate surface area is 332 Å². The molecule has 16 heteroatoms. The van der Waals surface area contributed by atoms with E-state index < -0.39 is 71.7 Å². The molecule has 6 amide bonds. The lowest BCUT2D eigenvalue weighted by atomic mass is 9.98. The molecular weight excluding hydrogens is 734 g/mol. The zero-order valence-electron chi connectivity index (χ0n) is 33.5. The number of amides is 6. The van der Waals surface area contributed by atoms with Gasteiger partial charge < -0.3 is 50.6 Å². The van der Waals surface area contributed by atoms with Crippen molar-refractivity contribution in [1.29, 1.82) is 0 Å². The van der Waals surface area contributed by atoms with Crippen molar-refractivity contribution in [2.45, 2.75) is 76.3 Å². The standard InChI is InChI=1S/C41H51N7O9/c1-22-36(49)44-23(2)39(52)46(4)31(18-25-9-13-28(55-7)14-10-25)38(51)45-24(3)40(53)48(6)33-19-26-11-15-29(16-12-26)57-34-21-27(17-30(42)35(34)56-8)20-32(37(50)43-22)47(5)41(33)54/h9-17,21-24,31-33H,18-20,42H2,1-8H3,(H,43,50)(H,44,49)(H,45,51)/t22-,23-,24-,31-,32-,33-/m0/s1. The molecule has 3 aromatic carbocycles. The van der Waals surface area contributed by atoms with Gasteiger partial charge in [-0.25, -0.2) is 0 Å². The molecular formula is C41H51N7O9. The van der Waals surface area contributed by atoms with Crippen molar-refractivity contribution in [3.63, 3.8) is 0 Å². The van der Waals surface area contributed by atoms with Crippen molar-refractivity contribution in [1.82, 2.24) is 30.7 Å². The van der Waals surface area contributed by atoms with Gasteiger partial charge in [0.25, 0.3) is 0 Å². The van der Waals surface area contributed by atoms with Gasteiger partial charge in [0.05, 0.1) is 19.9 Å². The van der Waals surface area contributed by atoms with Gasteiger partial charge in [-0.2, -0.15) is 0 Å². The number of carbonyl (C=O) groups is 6. The van der Waals surface area contributed by atoms with Crippen LogP contribution in [0.15, 0.2) is 60.7 Å². The lowest BCUT2D eigenvalue weighted by Crippen LogP contribution is -2.61. The third-order valence-electron chi connectivity index (χ3n) is 10.5. The average molecular weight is 786 g/mol. The van der Waals surface area contributed by atoms with Crippen molar-refractivity contribution in [3.05, 3.63) is 77.4 Å². The number of methoxy groups -OCH3 is 2. The van der Waals surface area contributed by atoms with Crippen LogP contribution in [0.2, 0.25) is 0 Å². The minimum atomic E-state index is -1.22. The smallest absolute Gasteiger partial charge is 0.246 e. The van der Waals surface area contributed by atoms with E-state index in [9.17, 15) is 28.8 Å². The molecule has 304 valence electrons. The molecule has 0 unspecified atom stereocenters. The highest BCUT2D eigenvalue weighted by molar-refractivity contribution is 5.98. The highest BCUT2D eigenvalue weighted by atomic mass is 16.5. The van der Waals surface area contributed by atoms with Crippen LogP contribution in [0.1, 0.15) is 37.5 Å². The summed E-state index contributed by atoms with van der Waals surface area (Å²) in [6.07, 6.45) is 0.0310. The number of rotatable bonds is 4. The summed E-state index contributed by atoms with van der Waals surface area (Å²) < 4.78 is 17.0. The maximum Gasteiger partial charge on any atom is 0.246 e. The first kappa shape index (κ1) is 41.8. The Morgan fingerprint density at radius 2 is 1.21 bits per heavy atom. The van der Waals surface area contributed by atoms with Crippen LogP contribution in [-0.2, 0) is 48.0 Å². The molecule has 3 heterocycles. The molecule has 16 nitrogen and oxygen atoms in total. The van der Waals surface area contributed by atoms with Crippen LogP contribution in [0.25, 0.3) is 0 Å². The molecule has 3 aliphatic heterocycles. The van der Waals surface area contributed by atoms with Crippen molar-refractivity contribution >= 4 is 41.1 Å². The van der Waals surface area contributed by atoms with Gasteiger partial charge in [-0.1, -0.05) is 24.3 Å². The number of nitrogens with zero attached hydrogens (tertiary/aromatic N) is 3. The Balaban J connectivity index is 1.59. The molecule has 0 aliphatic carbocycles. The highest BCUT2D eigenvalue weighted by Crippen LogP contribution is 2.38. The maximum atomic E-state index is 14.7. The first-order valence-electron chi connectivity index (χ1n) is 18.6. The second kappa shape index (κ2) is 17.6. The number of nitrogens with two attached hydrogens (primary N) is 1. The average Bonchev–Trinajstić information content (AvgIpc) is 3.19. The third kappa shape index (κ3) is 9.39. The lowest BCUT2D eigenvalue weighted by molar-refractivity contribution is -0.149. The highest BCUT2D eigenvalue weighted by Gasteiger charge is 2.39. The van der Waals surface area contributed by atoms with Crippen LogP contribution in [0.4, 0.5) is 5.69 Å². The van der Waals surface area contributed by atoms with Crippen LogP contribution in [-0.4, -0.2) is 122 Å². The predicted molar refractivity (Wildman–Crippen MR) is 211 cm³/mol. The lowest BCUT2D eigenvalue weighted by Gasteiger charge is -2.36. The van der Waals surface area contributed by atoms with Gasteiger partial charge in [0.1, 0.15) is 47.8 Å². The van der Waals surface area contributed by atoms with E-state index in [0.717, 1.165) is 0 Å². The van der Waals surface area contributed by atoms with Gasteiger partial charge in [0, 0.05) is 40.4 Å². The first-order valence-corrected chi connectivity index (χ1v) is 18.6. The molecule has 6 bridgehead atoms. The van der Waals surface area contributed by atoms with E-state index in [4.69, 9.17) is 19.9 Å². The number of carbonyl (C=O) groups excluding carboxylic acids is 6. The normalized spacial score (nSPS) is 24.1. The molecule has 5 N–H and O–H groups in total. The fourth-order valence-corrected chi connectivity index (χ4v) is 7.00. The second-order valence-corrected chi connectivity index (χ2v) is 14.5. The number of benzene rings is 3. The molecule has 1 fully saturated rings. The monoisotopic (exact) mass is 785 g/mol. The predicted octanol–water partition coefficient (Wildman–Crippen LogP) is 1.43. The SMILES string of the molecule is COc1ccc(C[C@H]2C(=O)N[C@@H](C)C(=O)N(C)[C@H]3Cc4ccc(cc4)Oc4cc(cc(N)c4OC)C[C@@H](C(=O)N[C@@H](C)C(=O)N[C@@H](C)C(=O)N2C)N(C)C3=O)cc1. The molecule has 1 saturated heterocycles. The Hall–Kier alpha value is -6.32. The largest absolute Gasteiger partial charge is 0.497 e. The third-order valence-corrected chi connectivity index (χ3v) is 10.5. The van der Waals surface area contributed by atoms with E-state index in [-0.39, 0.29) is 36.4 Å². The molecule has 6 rings (SSSR count). The molecule has 57 heavy (non-hydrogen) atoms. The quantitative estimate of drug-likeness (QED) is 0.281. The van der Waals surface area contributed by atoms with Gasteiger partial charge in [-0.05, 0) is 73.9 Å². The summed E-state index contributed by atoms with van der Waals surface area (Å²) in [6, 6.07) is 10.3. The number of anilines is 1. The summed E-state index contributed by atoms with van der Waals surface area (Å²) >= 11 is 0. The molecule has 0 spiro atoms. The number of hydrogen-bond acceptors (Lipinski definition) is 10. The van der Waals surface area contributed by atoms with E-state index in [1.54, 1.807) is 60.7 Å². The van der Waals surface area contributed by atoms with Crippen molar-refractivity contribution in [2.24, 2.45) is 0 Å². The van der Waals surface area contributed by atoms with Gasteiger partial charge in [-0.3, -0.25) is 28.8 Å². The number of fused-ring (bicyclic) bond motifs is 2. The summed E-state index contributed by atoms with van der Waals surface area (Å²) in [6.45, 7) is 4.42. The Morgan fingerprint density at radius 3 is 1.82 bits per heavy atom. The minimum absolute atomic E-state index is 0.0380. The fraction of sp³-hybridized carbons (Fsp3) is 0.415. The second-order valence-electron chi connectivity index (χ2n) is 14.5. The fourth-order valence-electron chi connectivity index (χ4n) is 7.00. The van der Waals surface area contributed by atoms with Crippen LogP contribution in [0, 0.1) is 0 Å². The van der Waals surface area contributed by atoms with E-state index in [2.05, 4.69) is 16.0 Å². The minimum Gasteiger partial charge on any atom is -0.497 e. The molecule has 0 saturated carbocycles. The van der Waals surface area contributed by atoms with Gasteiger partial charge >= 0.3 is 0 Å². The summed E-state index contributed by atoms with van der Waals surface area (Å²) in [5, 5.41) is 8.11. The topological polar surface area (TPSA) is 202 Å². The van der Waals surface area contributed by atoms with E-state index in [1.165, 1.54) is 70.8 Å². The Bertz CT molecular complexity index is 2010. The van der Waals surface area contributed by atoms with Crippen molar-refractivity contribution < 1.29 is 43.0 Å². The Morgan fingerprint density at radius 1 is 0.649 bits per heavy atom. The molecule has 0 aromatic heterocycles. The van der Waals surface area contributed by atoms with Crippen LogP contribution in [0.3, 0.4) is 0 Å². The number of likely N-dealkylation sites (N-methyl/N-ethyl adjacent to an activating group) is 3. The zero-order valence-corrected chi connectivity index (χ0v) is 33.5. The number of hydrogen-bond donors (Lipinski definition) is 4. The van der Waals surface area contributed by atoms with Gasteiger partial charge in [-0.15, -0.1) is 0 Å². The zero-order chi connectivity index (χ0) is 41.7. The molecule has 0 radical (unpaired) electrons. The molecule has 3 aliphatic rings.